The zero-order chi connectivity index (χ0) is 30.8. The molecular formula is C30H24N4O8S. The molecule has 0 atom stereocenters. The number of benzene rings is 2. The molecule has 0 unspecified atom stereocenters. The summed E-state index contributed by atoms with van der Waals surface area (Å²) < 4.78 is 2.25. The number of hydrogen-bond donors (Lipinski definition) is 3. The van der Waals surface area contributed by atoms with Crippen LogP contribution in [0.2, 0.25) is 0 Å². The number of carbonyl (C=O) groups excluding carboxylic acids is 1. The number of hydrogen-bond acceptors (Lipinski definition) is 8. The smallest absolute Gasteiger partial charge is 0.350 e. The standard InChI is InChI=1S/C30H24N4O8S/c1-2-32-23-6-4-3-5-20(23)21-12-17(7-9-24(21)32)25-10-8-19(43-25)11-18-16-42-34(15-27(37)38)28(22(13-31)30(40)41)33(29(18)39)14-26(35)36/h3-12H,2,14-16H2,1H3,(H,35,36)(H,37,38)(H,40,41)/b18-11-,28-22+. The maximum Gasteiger partial charge on any atom is 0.350 e. The maximum atomic E-state index is 13.6. The third-order valence-corrected chi connectivity index (χ3v) is 7.91. The Morgan fingerprint density at radius 2 is 1.72 bits per heavy atom. The van der Waals surface area contributed by atoms with Crippen LogP contribution < -0.4 is 0 Å². The number of rotatable bonds is 8. The molecule has 4 aromatic rings. The highest BCUT2D eigenvalue weighted by atomic mass is 32.1. The first-order valence-corrected chi connectivity index (χ1v) is 13.8. The molecular weight excluding hydrogens is 576 g/mol. The van der Waals surface area contributed by atoms with Crippen molar-refractivity contribution in [2.45, 2.75) is 13.5 Å². The van der Waals surface area contributed by atoms with E-state index < -0.39 is 54.9 Å². The summed E-state index contributed by atoms with van der Waals surface area (Å²) in [7, 11) is 0. The fraction of sp³-hybridized carbons (Fsp3) is 0.167. The number of aromatic nitrogens is 1. The zero-order valence-electron chi connectivity index (χ0n) is 22.7. The molecule has 5 rings (SSSR count). The molecule has 3 N–H and O–H groups in total. The van der Waals surface area contributed by atoms with E-state index in [4.69, 9.17) is 4.84 Å². The van der Waals surface area contributed by atoms with E-state index in [-0.39, 0.29) is 5.57 Å². The van der Waals surface area contributed by atoms with Crippen molar-refractivity contribution in [1.29, 1.82) is 5.26 Å². The molecule has 1 aliphatic rings. The van der Waals surface area contributed by atoms with E-state index in [2.05, 4.69) is 35.8 Å². The van der Waals surface area contributed by atoms with Gasteiger partial charge in [-0.2, -0.15) is 5.26 Å². The molecule has 1 fully saturated rings. The molecule has 3 heterocycles. The highest BCUT2D eigenvalue weighted by Gasteiger charge is 2.37. The Morgan fingerprint density at radius 1 is 1.00 bits per heavy atom. The second-order valence-electron chi connectivity index (χ2n) is 9.47. The average Bonchev–Trinajstić information content (AvgIpc) is 3.54. The normalized spacial score (nSPS) is 16.0. The van der Waals surface area contributed by atoms with Crippen molar-refractivity contribution in [2.24, 2.45) is 0 Å². The number of fused-ring (bicyclic) bond motifs is 3. The predicted octanol–water partition coefficient (Wildman–Crippen LogP) is 3.99. The Morgan fingerprint density at radius 3 is 2.40 bits per heavy atom. The van der Waals surface area contributed by atoms with Gasteiger partial charge < -0.3 is 19.9 Å². The second-order valence-corrected chi connectivity index (χ2v) is 10.6. The number of amides is 1. The molecule has 0 spiro atoms. The van der Waals surface area contributed by atoms with Crippen molar-refractivity contribution < 1.29 is 39.3 Å². The van der Waals surface area contributed by atoms with Gasteiger partial charge in [-0.15, -0.1) is 11.3 Å². The molecule has 1 aliphatic heterocycles. The van der Waals surface area contributed by atoms with Crippen LogP contribution >= 0.6 is 11.3 Å². The highest BCUT2D eigenvalue weighted by molar-refractivity contribution is 7.16. The number of para-hydroxylation sites is 1. The summed E-state index contributed by atoms with van der Waals surface area (Å²) in [5.74, 6) is -6.47. The van der Waals surface area contributed by atoms with E-state index in [9.17, 15) is 39.8 Å². The van der Waals surface area contributed by atoms with E-state index in [0.717, 1.165) is 38.8 Å². The summed E-state index contributed by atoms with van der Waals surface area (Å²) in [5, 5.41) is 40.6. The van der Waals surface area contributed by atoms with Gasteiger partial charge in [-0.25, -0.2) is 9.86 Å². The second kappa shape index (κ2) is 11.8. The zero-order valence-corrected chi connectivity index (χ0v) is 23.5. The molecule has 0 bridgehead atoms. The van der Waals surface area contributed by atoms with Gasteiger partial charge in [-0.1, -0.05) is 24.3 Å². The monoisotopic (exact) mass is 600 g/mol. The molecule has 12 nitrogen and oxygen atoms in total. The molecule has 2 aromatic heterocycles. The number of thiophene rings is 1. The molecule has 2 aromatic carbocycles. The molecule has 0 radical (unpaired) electrons. The van der Waals surface area contributed by atoms with Crippen molar-refractivity contribution in [3.63, 3.8) is 0 Å². The van der Waals surface area contributed by atoms with Gasteiger partial charge in [-0.05, 0) is 48.9 Å². The topological polar surface area (TPSA) is 173 Å². The van der Waals surface area contributed by atoms with Gasteiger partial charge in [0.2, 0.25) is 0 Å². The van der Waals surface area contributed by atoms with E-state index >= 15 is 0 Å². The minimum absolute atomic E-state index is 0.0656. The van der Waals surface area contributed by atoms with E-state index in [1.807, 2.05) is 24.3 Å². The van der Waals surface area contributed by atoms with Crippen molar-refractivity contribution in [2.75, 3.05) is 19.7 Å². The lowest BCUT2D eigenvalue weighted by molar-refractivity contribution is -0.165. The van der Waals surface area contributed by atoms with Gasteiger partial charge in [0.05, 0.1) is 0 Å². The Balaban J connectivity index is 1.55. The van der Waals surface area contributed by atoms with Gasteiger partial charge in [0.25, 0.3) is 5.91 Å². The highest BCUT2D eigenvalue weighted by Crippen LogP contribution is 2.36. The fourth-order valence-electron chi connectivity index (χ4n) is 5.06. The van der Waals surface area contributed by atoms with Gasteiger partial charge in [-0.3, -0.25) is 24.1 Å². The Hall–Kier alpha value is -5.45. The fourth-order valence-corrected chi connectivity index (χ4v) is 6.03. The summed E-state index contributed by atoms with van der Waals surface area (Å²) in [6, 6.07) is 19.4. The Kier molecular flexibility index (Phi) is 7.98. The Labute approximate surface area is 248 Å². The number of aliphatic carboxylic acids is 3. The summed E-state index contributed by atoms with van der Waals surface area (Å²) in [4.78, 5) is 56.0. The van der Waals surface area contributed by atoms with Gasteiger partial charge in [0.1, 0.15) is 25.8 Å². The SMILES string of the molecule is CCn1c2ccccc2c2cc(-c3ccc(/C=C4/CON(CC(=O)O)/C(=C(\C#N)C(=O)O)N(CC(=O)O)C4=O)s3)ccc21. The van der Waals surface area contributed by atoms with Crippen LogP contribution in [-0.4, -0.2) is 73.4 Å². The molecule has 1 amide bonds. The maximum absolute atomic E-state index is 13.6. The van der Waals surface area contributed by atoms with Crippen molar-refractivity contribution in [3.8, 4) is 16.5 Å². The third kappa shape index (κ3) is 5.56. The van der Waals surface area contributed by atoms with Gasteiger partial charge in [0, 0.05) is 43.7 Å². The number of carboxylic acids is 3. The van der Waals surface area contributed by atoms with Crippen LogP contribution in [-0.2, 0) is 30.6 Å². The van der Waals surface area contributed by atoms with Crippen LogP contribution in [0.15, 0.2) is 71.6 Å². The first kappa shape index (κ1) is 29.1. The number of aryl methyl sites for hydroxylation is 1. The van der Waals surface area contributed by atoms with Crippen molar-refractivity contribution in [1.82, 2.24) is 14.5 Å². The van der Waals surface area contributed by atoms with E-state index in [0.29, 0.717) is 14.8 Å². The first-order valence-electron chi connectivity index (χ1n) is 13.0. The van der Waals surface area contributed by atoms with Crippen LogP contribution in [0.25, 0.3) is 38.3 Å². The lowest BCUT2D eigenvalue weighted by Crippen LogP contribution is -2.42. The van der Waals surface area contributed by atoms with Crippen molar-refractivity contribution in [3.05, 3.63) is 76.4 Å². The van der Waals surface area contributed by atoms with E-state index in [1.54, 1.807) is 6.07 Å². The van der Waals surface area contributed by atoms with Crippen LogP contribution in [0.1, 0.15) is 11.8 Å². The minimum atomic E-state index is -1.78. The molecule has 43 heavy (non-hydrogen) atoms. The van der Waals surface area contributed by atoms with Crippen molar-refractivity contribution >= 4 is 63.0 Å². The average molecular weight is 601 g/mol. The largest absolute Gasteiger partial charge is 0.480 e. The molecule has 13 heteroatoms. The lowest BCUT2D eigenvalue weighted by Gasteiger charge is -2.28. The number of hydroxylamine groups is 2. The van der Waals surface area contributed by atoms with Crippen LogP contribution in [0.4, 0.5) is 0 Å². The number of carbonyl (C=O) groups is 4. The van der Waals surface area contributed by atoms with Gasteiger partial charge >= 0.3 is 17.9 Å². The summed E-state index contributed by atoms with van der Waals surface area (Å²) >= 11 is 1.37. The molecule has 0 aliphatic carbocycles. The van der Waals surface area contributed by atoms with E-state index in [1.165, 1.54) is 23.5 Å². The summed E-state index contributed by atoms with van der Waals surface area (Å²) in [6.07, 6.45) is 1.47. The quantitative estimate of drug-likeness (QED) is 0.198. The molecule has 0 saturated carbocycles. The number of nitrogens with zero attached hydrogens (tertiary/aromatic N) is 4. The number of nitriles is 1. The molecule has 218 valence electrons. The predicted molar refractivity (Wildman–Crippen MR) is 156 cm³/mol. The third-order valence-electron chi connectivity index (χ3n) is 6.83. The first-order chi connectivity index (χ1) is 20.6. The minimum Gasteiger partial charge on any atom is -0.480 e. The lowest BCUT2D eigenvalue weighted by atomic mass is 10.1. The van der Waals surface area contributed by atoms with Crippen LogP contribution in [0.3, 0.4) is 0 Å². The molecule has 1 saturated heterocycles. The Bertz CT molecular complexity index is 1910. The number of carboxylic acid groups (broad SMARTS) is 3. The van der Waals surface area contributed by atoms with Crippen LogP contribution in [0.5, 0.6) is 0 Å². The van der Waals surface area contributed by atoms with Crippen LogP contribution in [0, 0.1) is 11.3 Å². The van der Waals surface area contributed by atoms with Gasteiger partial charge in [0.15, 0.2) is 11.4 Å². The summed E-state index contributed by atoms with van der Waals surface area (Å²) in [6.45, 7) is 0.421. The summed E-state index contributed by atoms with van der Waals surface area (Å²) in [5.41, 5.74) is 2.09.